The van der Waals surface area contributed by atoms with Crippen LogP contribution in [0.3, 0.4) is 0 Å². The van der Waals surface area contributed by atoms with Crippen LogP contribution in [-0.2, 0) is 4.74 Å². The van der Waals surface area contributed by atoms with Gasteiger partial charge >= 0.3 is 0 Å². The minimum Gasteiger partial charge on any atom is -0.474 e. The maximum absolute atomic E-state index is 5.59. The van der Waals surface area contributed by atoms with Crippen LogP contribution in [0, 0.1) is 0 Å². The highest BCUT2D eigenvalue weighted by Crippen LogP contribution is 2.22. The van der Waals surface area contributed by atoms with Crippen LogP contribution < -0.4 is 4.74 Å². The largest absolute Gasteiger partial charge is 0.474 e. The monoisotopic (exact) mass is 271 g/mol. The lowest BCUT2D eigenvalue weighted by Crippen LogP contribution is -2.26. The van der Waals surface area contributed by atoms with Crippen LogP contribution in [0.5, 0.6) is 5.88 Å². The van der Waals surface area contributed by atoms with Gasteiger partial charge in [-0.3, -0.25) is 0 Å². The molecule has 1 saturated heterocycles. The molecule has 2 heterocycles. The first-order chi connectivity index (χ1) is 7.36. The summed E-state index contributed by atoms with van der Waals surface area (Å²) in [5.74, 6) is 0.645. The van der Waals surface area contributed by atoms with Gasteiger partial charge in [0.05, 0.1) is 10.6 Å². The van der Waals surface area contributed by atoms with E-state index in [2.05, 4.69) is 20.9 Å². The second kappa shape index (κ2) is 5.47. The van der Waals surface area contributed by atoms with Gasteiger partial charge in [0.1, 0.15) is 6.61 Å². The third-order valence-corrected chi connectivity index (χ3v) is 3.01. The fourth-order valence-electron chi connectivity index (χ4n) is 1.59. The lowest BCUT2D eigenvalue weighted by Gasteiger charge is -2.22. The molecule has 1 unspecified atom stereocenters. The number of hydrogen-bond donors (Lipinski definition) is 0. The van der Waals surface area contributed by atoms with Gasteiger partial charge in [0.2, 0.25) is 5.88 Å². The molecule has 15 heavy (non-hydrogen) atoms. The quantitative estimate of drug-likeness (QED) is 0.847. The molecule has 0 bridgehead atoms. The van der Waals surface area contributed by atoms with Crippen molar-refractivity contribution >= 4 is 15.9 Å². The number of ether oxygens (including phenoxy) is 2. The van der Waals surface area contributed by atoms with E-state index in [1.54, 1.807) is 6.20 Å². The second-order valence-electron chi connectivity index (χ2n) is 3.59. The molecule has 4 heteroatoms. The summed E-state index contributed by atoms with van der Waals surface area (Å²) in [5, 5.41) is 0. The van der Waals surface area contributed by atoms with E-state index in [4.69, 9.17) is 9.47 Å². The van der Waals surface area contributed by atoms with Crippen molar-refractivity contribution in [1.82, 2.24) is 4.98 Å². The van der Waals surface area contributed by atoms with E-state index >= 15 is 0 Å². The van der Waals surface area contributed by atoms with E-state index in [9.17, 15) is 0 Å². The van der Waals surface area contributed by atoms with Crippen molar-refractivity contribution in [2.45, 2.75) is 25.4 Å². The van der Waals surface area contributed by atoms with Crippen LogP contribution in [0.4, 0.5) is 0 Å². The Labute approximate surface area is 97.9 Å². The van der Waals surface area contributed by atoms with E-state index in [-0.39, 0.29) is 6.10 Å². The summed E-state index contributed by atoms with van der Waals surface area (Å²) in [5.41, 5.74) is 0. The number of pyridine rings is 1. The molecule has 82 valence electrons. The Hall–Kier alpha value is -0.610. The average Bonchev–Trinajstić information content (AvgIpc) is 2.29. The third-order valence-electron chi connectivity index (χ3n) is 2.40. The first-order valence-electron chi connectivity index (χ1n) is 5.21. The summed E-state index contributed by atoms with van der Waals surface area (Å²) in [6, 6.07) is 3.79. The predicted molar refractivity (Wildman–Crippen MR) is 61.0 cm³/mol. The minimum atomic E-state index is 0.229. The highest BCUT2D eigenvalue weighted by molar-refractivity contribution is 9.10. The molecule has 0 saturated carbocycles. The molecule has 1 aromatic heterocycles. The van der Waals surface area contributed by atoms with Gasteiger partial charge in [0.25, 0.3) is 0 Å². The normalized spacial score (nSPS) is 21.3. The van der Waals surface area contributed by atoms with Crippen LogP contribution in [0.15, 0.2) is 22.8 Å². The van der Waals surface area contributed by atoms with Crippen molar-refractivity contribution in [1.29, 1.82) is 0 Å². The van der Waals surface area contributed by atoms with Crippen LogP contribution >= 0.6 is 15.9 Å². The predicted octanol–water partition coefficient (Wildman–Crippen LogP) is 2.79. The molecule has 1 aromatic rings. The summed E-state index contributed by atoms with van der Waals surface area (Å²) >= 11 is 3.39. The first-order valence-corrected chi connectivity index (χ1v) is 6.00. The summed E-state index contributed by atoms with van der Waals surface area (Å²) in [4.78, 5) is 4.14. The van der Waals surface area contributed by atoms with Gasteiger partial charge in [-0.25, -0.2) is 4.98 Å². The molecular formula is C11H14BrNO2. The Balaban J connectivity index is 1.84. The standard InChI is InChI=1S/C11H14BrNO2/c12-10-5-3-6-13-11(10)15-8-9-4-1-2-7-14-9/h3,5-6,9H,1-2,4,7-8H2. The van der Waals surface area contributed by atoms with Crippen molar-refractivity contribution < 1.29 is 9.47 Å². The van der Waals surface area contributed by atoms with E-state index in [0.717, 1.165) is 17.5 Å². The molecule has 0 N–H and O–H groups in total. The number of aromatic nitrogens is 1. The Morgan fingerprint density at radius 2 is 2.47 bits per heavy atom. The van der Waals surface area contributed by atoms with Gasteiger partial charge in [-0.15, -0.1) is 0 Å². The molecule has 2 rings (SSSR count). The summed E-state index contributed by atoms with van der Waals surface area (Å²) < 4.78 is 12.1. The van der Waals surface area contributed by atoms with Crippen molar-refractivity contribution in [3.63, 3.8) is 0 Å². The minimum absolute atomic E-state index is 0.229. The van der Waals surface area contributed by atoms with Crippen LogP contribution in [0.1, 0.15) is 19.3 Å². The smallest absolute Gasteiger partial charge is 0.228 e. The zero-order chi connectivity index (χ0) is 10.5. The van der Waals surface area contributed by atoms with Crippen molar-refractivity contribution in [3.05, 3.63) is 22.8 Å². The van der Waals surface area contributed by atoms with Gasteiger partial charge in [0.15, 0.2) is 0 Å². The Kier molecular flexibility index (Phi) is 3.97. The Morgan fingerprint density at radius 1 is 1.53 bits per heavy atom. The fraction of sp³-hybridized carbons (Fsp3) is 0.545. The fourth-order valence-corrected chi connectivity index (χ4v) is 1.96. The molecule has 0 spiro atoms. The van der Waals surface area contributed by atoms with Gasteiger partial charge in [-0.05, 0) is 47.3 Å². The molecule has 1 fully saturated rings. The van der Waals surface area contributed by atoms with Gasteiger partial charge in [-0.2, -0.15) is 0 Å². The van der Waals surface area contributed by atoms with Crippen LogP contribution in [0.25, 0.3) is 0 Å². The van der Waals surface area contributed by atoms with Gasteiger partial charge in [-0.1, -0.05) is 0 Å². The molecule has 0 aromatic carbocycles. The maximum atomic E-state index is 5.59. The van der Waals surface area contributed by atoms with Crippen LogP contribution in [0.2, 0.25) is 0 Å². The number of rotatable bonds is 3. The van der Waals surface area contributed by atoms with E-state index < -0.39 is 0 Å². The number of hydrogen-bond acceptors (Lipinski definition) is 3. The lowest BCUT2D eigenvalue weighted by atomic mass is 10.1. The molecule has 1 atom stereocenters. The summed E-state index contributed by atoms with van der Waals surface area (Å²) in [6.07, 6.45) is 5.45. The lowest BCUT2D eigenvalue weighted by molar-refractivity contribution is -0.0121. The molecular weight excluding hydrogens is 258 g/mol. The van der Waals surface area contributed by atoms with Crippen molar-refractivity contribution in [3.8, 4) is 5.88 Å². The summed E-state index contributed by atoms with van der Waals surface area (Å²) in [7, 11) is 0. The van der Waals surface area contributed by atoms with E-state index in [1.165, 1.54) is 12.8 Å². The van der Waals surface area contributed by atoms with Crippen molar-refractivity contribution in [2.75, 3.05) is 13.2 Å². The SMILES string of the molecule is Brc1cccnc1OCC1CCCCO1. The highest BCUT2D eigenvalue weighted by Gasteiger charge is 2.15. The zero-order valence-electron chi connectivity index (χ0n) is 8.49. The van der Waals surface area contributed by atoms with E-state index in [1.807, 2.05) is 12.1 Å². The van der Waals surface area contributed by atoms with Gasteiger partial charge < -0.3 is 9.47 Å². The maximum Gasteiger partial charge on any atom is 0.228 e. The van der Waals surface area contributed by atoms with Crippen LogP contribution in [-0.4, -0.2) is 24.3 Å². The Bertz CT molecular complexity index is 313. The molecule has 1 aliphatic heterocycles. The molecule has 0 aliphatic carbocycles. The number of nitrogens with zero attached hydrogens (tertiary/aromatic N) is 1. The zero-order valence-corrected chi connectivity index (χ0v) is 10.1. The average molecular weight is 272 g/mol. The third kappa shape index (κ3) is 3.18. The molecule has 0 radical (unpaired) electrons. The second-order valence-corrected chi connectivity index (χ2v) is 4.44. The summed E-state index contributed by atoms with van der Waals surface area (Å²) in [6.45, 7) is 1.45. The van der Waals surface area contributed by atoms with E-state index in [0.29, 0.717) is 12.5 Å². The van der Waals surface area contributed by atoms with Crippen molar-refractivity contribution in [2.24, 2.45) is 0 Å². The number of halogens is 1. The van der Waals surface area contributed by atoms with Gasteiger partial charge in [0, 0.05) is 12.8 Å². The molecule has 0 amide bonds. The first kappa shape index (κ1) is 10.9. The Morgan fingerprint density at radius 3 is 3.20 bits per heavy atom. The highest BCUT2D eigenvalue weighted by atomic mass is 79.9. The topological polar surface area (TPSA) is 31.4 Å². The molecule has 1 aliphatic rings. The molecule has 3 nitrogen and oxygen atoms in total.